The predicted molar refractivity (Wildman–Crippen MR) is 113 cm³/mol. The second-order valence-corrected chi connectivity index (χ2v) is 9.17. The molecular weight excluding hydrogens is 402 g/mol. The molecule has 2 aromatic carbocycles. The lowest BCUT2D eigenvalue weighted by Gasteiger charge is -2.14. The van der Waals surface area contributed by atoms with E-state index in [0.717, 1.165) is 11.9 Å². The Bertz CT molecular complexity index is 1200. The molecule has 0 spiro atoms. The number of ketones is 1. The second kappa shape index (κ2) is 8.23. The van der Waals surface area contributed by atoms with Crippen LogP contribution in [0.1, 0.15) is 40.3 Å². The van der Waals surface area contributed by atoms with E-state index in [1.807, 2.05) is 30.3 Å². The van der Waals surface area contributed by atoms with E-state index in [9.17, 15) is 18.0 Å². The van der Waals surface area contributed by atoms with Crippen molar-refractivity contribution in [1.29, 1.82) is 0 Å². The van der Waals surface area contributed by atoms with Crippen LogP contribution in [0.4, 0.5) is 0 Å². The van der Waals surface area contributed by atoms with E-state index in [1.165, 1.54) is 12.1 Å². The summed E-state index contributed by atoms with van der Waals surface area (Å²) in [5.74, 6) is -1.40. The number of carbonyl (C=O) groups is 2. The Morgan fingerprint density at radius 2 is 1.60 bits per heavy atom. The van der Waals surface area contributed by atoms with Gasteiger partial charge in [-0.15, -0.1) is 0 Å². The summed E-state index contributed by atoms with van der Waals surface area (Å²) < 4.78 is 24.8. The van der Waals surface area contributed by atoms with Crippen LogP contribution in [0.15, 0.2) is 59.5 Å². The SMILES string of the molecule is Cc1nn(-c2ccccc2)c(C)c1C(=O)C(=O)N[C@@H](C)c1ccc(S(C)(=O)=O)cc1. The number of nitrogens with zero attached hydrogens (tertiary/aromatic N) is 2. The zero-order valence-corrected chi connectivity index (χ0v) is 18.0. The van der Waals surface area contributed by atoms with Crippen molar-refractivity contribution in [3.05, 3.63) is 77.1 Å². The Balaban J connectivity index is 1.79. The number of aryl methyl sites for hydroxylation is 1. The molecule has 3 aromatic rings. The van der Waals surface area contributed by atoms with Gasteiger partial charge in [0.1, 0.15) is 0 Å². The molecule has 1 atom stereocenters. The first-order valence-corrected chi connectivity index (χ1v) is 11.3. The number of amides is 1. The summed E-state index contributed by atoms with van der Waals surface area (Å²) in [6, 6.07) is 15.1. The molecule has 1 N–H and O–H groups in total. The van der Waals surface area contributed by atoms with Gasteiger partial charge in [-0.25, -0.2) is 13.1 Å². The summed E-state index contributed by atoms with van der Waals surface area (Å²) in [7, 11) is -3.30. The summed E-state index contributed by atoms with van der Waals surface area (Å²) in [5, 5.41) is 7.09. The van der Waals surface area contributed by atoms with Crippen LogP contribution in [0, 0.1) is 13.8 Å². The molecule has 0 aliphatic heterocycles. The lowest BCUT2D eigenvalue weighted by Crippen LogP contribution is -2.33. The van der Waals surface area contributed by atoms with Gasteiger partial charge in [-0.05, 0) is 50.6 Å². The molecule has 7 nitrogen and oxygen atoms in total. The minimum atomic E-state index is -3.30. The number of hydrogen-bond donors (Lipinski definition) is 1. The maximum absolute atomic E-state index is 12.8. The first kappa shape index (κ1) is 21.4. The molecule has 0 bridgehead atoms. The van der Waals surface area contributed by atoms with Crippen LogP contribution < -0.4 is 5.32 Å². The molecule has 1 aromatic heterocycles. The summed E-state index contributed by atoms with van der Waals surface area (Å²) in [5.41, 5.74) is 2.83. The van der Waals surface area contributed by atoms with Gasteiger partial charge in [-0.2, -0.15) is 5.10 Å². The smallest absolute Gasteiger partial charge is 0.293 e. The molecular formula is C22H23N3O4S. The molecule has 30 heavy (non-hydrogen) atoms. The molecule has 0 unspecified atom stereocenters. The number of sulfone groups is 1. The van der Waals surface area contributed by atoms with Crippen LogP contribution >= 0.6 is 0 Å². The van der Waals surface area contributed by atoms with Gasteiger partial charge in [0, 0.05) is 6.26 Å². The fourth-order valence-electron chi connectivity index (χ4n) is 3.25. The third-order valence-electron chi connectivity index (χ3n) is 4.88. The normalized spacial score (nSPS) is 12.4. The molecule has 1 amide bonds. The van der Waals surface area contributed by atoms with E-state index in [4.69, 9.17) is 0 Å². The van der Waals surface area contributed by atoms with E-state index >= 15 is 0 Å². The minimum Gasteiger partial charge on any atom is -0.343 e. The Hall–Kier alpha value is -3.26. The highest BCUT2D eigenvalue weighted by Crippen LogP contribution is 2.20. The van der Waals surface area contributed by atoms with Crippen LogP contribution in [0.25, 0.3) is 5.69 Å². The standard InChI is InChI=1S/C22H23N3O4S/c1-14(17-10-12-19(13-11-17)30(4,28)29)23-22(27)21(26)20-15(2)24-25(16(20)3)18-8-6-5-7-9-18/h5-14H,1-4H3,(H,23,27)/t14-/m0/s1. The number of carbonyl (C=O) groups excluding carboxylic acids is 2. The van der Waals surface area contributed by atoms with Gasteiger partial charge in [0.15, 0.2) is 9.84 Å². The number of para-hydroxylation sites is 1. The van der Waals surface area contributed by atoms with Gasteiger partial charge >= 0.3 is 0 Å². The Morgan fingerprint density at radius 3 is 2.17 bits per heavy atom. The highest BCUT2D eigenvalue weighted by molar-refractivity contribution is 7.90. The molecule has 0 saturated heterocycles. The third kappa shape index (κ3) is 4.33. The van der Waals surface area contributed by atoms with Gasteiger partial charge in [0.05, 0.1) is 33.6 Å². The summed E-state index contributed by atoms with van der Waals surface area (Å²) in [4.78, 5) is 25.6. The quantitative estimate of drug-likeness (QED) is 0.484. The van der Waals surface area contributed by atoms with Crippen molar-refractivity contribution in [2.45, 2.75) is 31.7 Å². The Kier molecular flexibility index (Phi) is 5.89. The fourth-order valence-corrected chi connectivity index (χ4v) is 3.89. The molecule has 1 heterocycles. The topological polar surface area (TPSA) is 98.1 Å². The second-order valence-electron chi connectivity index (χ2n) is 7.16. The van der Waals surface area contributed by atoms with Gasteiger partial charge in [0.2, 0.25) is 0 Å². The lowest BCUT2D eigenvalue weighted by atomic mass is 10.1. The molecule has 156 valence electrons. The van der Waals surface area contributed by atoms with Crippen LogP contribution in [0.3, 0.4) is 0 Å². The first-order valence-electron chi connectivity index (χ1n) is 9.36. The monoisotopic (exact) mass is 425 g/mol. The zero-order valence-electron chi connectivity index (χ0n) is 17.2. The average Bonchev–Trinajstić information content (AvgIpc) is 3.01. The third-order valence-corrected chi connectivity index (χ3v) is 6.01. The number of hydrogen-bond acceptors (Lipinski definition) is 5. The molecule has 8 heteroatoms. The lowest BCUT2D eigenvalue weighted by molar-refractivity contribution is -0.117. The largest absolute Gasteiger partial charge is 0.343 e. The van der Waals surface area contributed by atoms with Gasteiger partial charge in [-0.1, -0.05) is 30.3 Å². The fraction of sp³-hybridized carbons (Fsp3) is 0.227. The number of aromatic nitrogens is 2. The van der Waals surface area contributed by atoms with Gasteiger partial charge < -0.3 is 5.32 Å². The highest BCUT2D eigenvalue weighted by atomic mass is 32.2. The van der Waals surface area contributed by atoms with Crippen molar-refractivity contribution in [3.8, 4) is 5.69 Å². The average molecular weight is 426 g/mol. The summed E-state index contributed by atoms with van der Waals surface area (Å²) >= 11 is 0. The summed E-state index contributed by atoms with van der Waals surface area (Å²) in [6.45, 7) is 5.18. The highest BCUT2D eigenvalue weighted by Gasteiger charge is 2.26. The number of nitrogens with one attached hydrogen (secondary N) is 1. The maximum Gasteiger partial charge on any atom is 0.293 e. The first-order chi connectivity index (χ1) is 14.1. The molecule has 0 fully saturated rings. The number of benzene rings is 2. The van der Waals surface area contributed by atoms with Gasteiger partial charge in [0.25, 0.3) is 11.7 Å². The van der Waals surface area contributed by atoms with Crippen LogP contribution in [-0.4, -0.2) is 36.1 Å². The van der Waals surface area contributed by atoms with E-state index in [2.05, 4.69) is 10.4 Å². The molecule has 0 aliphatic carbocycles. The van der Waals surface area contributed by atoms with Crippen molar-refractivity contribution in [2.75, 3.05) is 6.26 Å². The Morgan fingerprint density at radius 1 is 1.00 bits per heavy atom. The molecule has 0 saturated carbocycles. The van der Waals surface area contributed by atoms with E-state index in [-0.39, 0.29) is 10.5 Å². The zero-order chi connectivity index (χ0) is 22.1. The van der Waals surface area contributed by atoms with Crippen molar-refractivity contribution in [3.63, 3.8) is 0 Å². The van der Waals surface area contributed by atoms with Gasteiger partial charge in [-0.3, -0.25) is 9.59 Å². The Labute approximate surface area is 175 Å². The van der Waals surface area contributed by atoms with Crippen LogP contribution in [0.5, 0.6) is 0 Å². The molecule has 0 aliphatic rings. The van der Waals surface area contributed by atoms with Crippen LogP contribution in [0.2, 0.25) is 0 Å². The van der Waals surface area contributed by atoms with E-state index in [1.54, 1.807) is 37.6 Å². The van der Waals surface area contributed by atoms with E-state index in [0.29, 0.717) is 17.0 Å². The van der Waals surface area contributed by atoms with Crippen molar-refractivity contribution in [1.82, 2.24) is 15.1 Å². The van der Waals surface area contributed by atoms with Crippen molar-refractivity contribution >= 4 is 21.5 Å². The van der Waals surface area contributed by atoms with E-state index < -0.39 is 27.6 Å². The van der Waals surface area contributed by atoms with Crippen molar-refractivity contribution < 1.29 is 18.0 Å². The molecule has 0 radical (unpaired) electrons. The van der Waals surface area contributed by atoms with Crippen LogP contribution in [-0.2, 0) is 14.6 Å². The maximum atomic E-state index is 12.8. The predicted octanol–water partition coefficient (Wildman–Crippen LogP) is 2.95. The number of Topliss-reactive ketones (excluding diaryl/α,β-unsaturated/α-hetero) is 1. The van der Waals surface area contributed by atoms with Crippen molar-refractivity contribution in [2.24, 2.45) is 0 Å². The number of rotatable bonds is 6. The molecule has 3 rings (SSSR count). The minimum absolute atomic E-state index is 0.195. The summed E-state index contributed by atoms with van der Waals surface area (Å²) in [6.07, 6.45) is 1.13.